The van der Waals surface area contributed by atoms with Crippen LogP contribution in [0.1, 0.15) is 23.2 Å². The Morgan fingerprint density at radius 2 is 2.41 bits per heavy atom. The first-order chi connectivity index (χ1) is 8.34. The van der Waals surface area contributed by atoms with E-state index in [1.54, 1.807) is 0 Å². The first-order valence-corrected chi connectivity index (χ1v) is 7.02. The standard InChI is InChI=1S/C11H15N3O2S/c15-11-7-5-12-2-1-8(7)13-10(14-11)9-6-17-4-3-16-9/h9,12H,1-6H2,(H,13,14,15). The van der Waals surface area contributed by atoms with Gasteiger partial charge < -0.3 is 15.0 Å². The molecule has 0 spiro atoms. The van der Waals surface area contributed by atoms with Gasteiger partial charge in [0.25, 0.3) is 5.56 Å². The molecule has 92 valence electrons. The maximum absolute atomic E-state index is 11.9. The van der Waals surface area contributed by atoms with Crippen molar-refractivity contribution in [2.45, 2.75) is 19.1 Å². The molecule has 0 aliphatic carbocycles. The molecule has 17 heavy (non-hydrogen) atoms. The summed E-state index contributed by atoms with van der Waals surface area (Å²) < 4.78 is 5.64. The van der Waals surface area contributed by atoms with Crippen molar-refractivity contribution in [1.29, 1.82) is 0 Å². The van der Waals surface area contributed by atoms with E-state index in [-0.39, 0.29) is 11.7 Å². The zero-order chi connectivity index (χ0) is 11.7. The van der Waals surface area contributed by atoms with Gasteiger partial charge in [-0.05, 0) is 0 Å². The van der Waals surface area contributed by atoms with Gasteiger partial charge in [-0.3, -0.25) is 4.79 Å². The summed E-state index contributed by atoms with van der Waals surface area (Å²) in [6.45, 7) is 2.25. The Morgan fingerprint density at radius 1 is 1.47 bits per heavy atom. The number of aromatic amines is 1. The first-order valence-electron chi connectivity index (χ1n) is 5.86. The van der Waals surface area contributed by atoms with E-state index < -0.39 is 0 Å². The van der Waals surface area contributed by atoms with E-state index in [0.29, 0.717) is 12.4 Å². The number of rotatable bonds is 1. The van der Waals surface area contributed by atoms with Crippen LogP contribution in [0.5, 0.6) is 0 Å². The summed E-state index contributed by atoms with van der Waals surface area (Å²) in [4.78, 5) is 19.4. The summed E-state index contributed by atoms with van der Waals surface area (Å²) >= 11 is 1.84. The Balaban J connectivity index is 1.95. The average molecular weight is 253 g/mol. The lowest BCUT2D eigenvalue weighted by Crippen LogP contribution is -2.33. The molecular formula is C11H15N3O2S. The molecule has 6 heteroatoms. The number of thioether (sulfide) groups is 1. The first kappa shape index (κ1) is 11.3. The molecule has 1 saturated heterocycles. The van der Waals surface area contributed by atoms with E-state index in [1.165, 1.54) is 0 Å². The van der Waals surface area contributed by atoms with Gasteiger partial charge in [0.05, 0.1) is 17.9 Å². The molecule has 0 amide bonds. The van der Waals surface area contributed by atoms with Crippen molar-refractivity contribution in [2.24, 2.45) is 0 Å². The molecule has 1 aromatic rings. The van der Waals surface area contributed by atoms with Gasteiger partial charge in [-0.25, -0.2) is 4.98 Å². The predicted molar refractivity (Wildman–Crippen MR) is 66.3 cm³/mol. The Labute approximate surface area is 103 Å². The quantitative estimate of drug-likeness (QED) is 0.749. The van der Waals surface area contributed by atoms with Crippen LogP contribution >= 0.6 is 11.8 Å². The van der Waals surface area contributed by atoms with Gasteiger partial charge in [0.1, 0.15) is 11.9 Å². The Morgan fingerprint density at radius 3 is 3.24 bits per heavy atom. The molecule has 0 bridgehead atoms. The second-order valence-corrected chi connectivity index (χ2v) is 5.39. The molecule has 0 radical (unpaired) electrons. The van der Waals surface area contributed by atoms with Gasteiger partial charge in [0.15, 0.2) is 0 Å². The van der Waals surface area contributed by atoms with Crippen molar-refractivity contribution in [2.75, 3.05) is 24.7 Å². The average Bonchev–Trinajstić information content (AvgIpc) is 2.40. The Bertz CT molecular complexity index is 468. The lowest BCUT2D eigenvalue weighted by atomic mass is 10.1. The third-order valence-corrected chi connectivity index (χ3v) is 4.07. The summed E-state index contributed by atoms with van der Waals surface area (Å²) in [6, 6.07) is 0. The number of H-pyrrole nitrogens is 1. The van der Waals surface area contributed by atoms with Crippen LogP contribution in [0, 0.1) is 0 Å². The Kier molecular flexibility index (Phi) is 3.17. The highest BCUT2D eigenvalue weighted by molar-refractivity contribution is 7.99. The molecule has 1 unspecified atom stereocenters. The molecule has 3 heterocycles. The highest BCUT2D eigenvalue weighted by Gasteiger charge is 2.22. The van der Waals surface area contributed by atoms with Crippen molar-refractivity contribution >= 4 is 11.8 Å². The van der Waals surface area contributed by atoms with Gasteiger partial charge in [0.2, 0.25) is 0 Å². The number of aromatic nitrogens is 2. The molecule has 2 N–H and O–H groups in total. The van der Waals surface area contributed by atoms with Gasteiger partial charge in [-0.15, -0.1) is 0 Å². The summed E-state index contributed by atoms with van der Waals surface area (Å²) in [5, 5.41) is 3.19. The summed E-state index contributed by atoms with van der Waals surface area (Å²) in [6.07, 6.45) is 0.771. The normalized spacial score (nSPS) is 24.4. The van der Waals surface area contributed by atoms with Gasteiger partial charge in [-0.2, -0.15) is 11.8 Å². The SMILES string of the molecule is O=c1[nH]c(C2CSCCO2)nc2c1CNCC2. The number of nitrogens with one attached hydrogen (secondary N) is 2. The number of nitrogens with zero attached hydrogens (tertiary/aromatic N) is 1. The van der Waals surface area contributed by atoms with Crippen molar-refractivity contribution < 1.29 is 4.74 Å². The molecule has 0 aromatic carbocycles. The van der Waals surface area contributed by atoms with E-state index in [0.717, 1.165) is 42.3 Å². The third kappa shape index (κ3) is 2.25. The molecular weight excluding hydrogens is 238 g/mol. The minimum Gasteiger partial charge on any atom is -0.369 e. The van der Waals surface area contributed by atoms with Gasteiger partial charge in [0, 0.05) is 31.0 Å². The lowest BCUT2D eigenvalue weighted by molar-refractivity contribution is 0.0690. The van der Waals surface area contributed by atoms with Crippen molar-refractivity contribution in [1.82, 2.24) is 15.3 Å². The number of hydrogen-bond acceptors (Lipinski definition) is 5. The van der Waals surface area contributed by atoms with Crippen LogP contribution in [0.25, 0.3) is 0 Å². The fourth-order valence-electron chi connectivity index (χ4n) is 2.17. The fourth-order valence-corrected chi connectivity index (χ4v) is 3.02. The molecule has 2 aliphatic rings. The highest BCUT2D eigenvalue weighted by atomic mass is 32.2. The van der Waals surface area contributed by atoms with Crippen molar-refractivity contribution in [3.8, 4) is 0 Å². The van der Waals surface area contributed by atoms with E-state index in [9.17, 15) is 4.79 Å². The summed E-state index contributed by atoms with van der Waals surface area (Å²) in [5.74, 6) is 2.60. The maximum atomic E-state index is 11.9. The largest absolute Gasteiger partial charge is 0.369 e. The number of fused-ring (bicyclic) bond motifs is 1. The van der Waals surface area contributed by atoms with Crippen LogP contribution in [-0.2, 0) is 17.7 Å². The van der Waals surface area contributed by atoms with Crippen LogP contribution in [0.15, 0.2) is 4.79 Å². The molecule has 5 nitrogen and oxygen atoms in total. The predicted octanol–water partition coefficient (Wildman–Crippen LogP) is 0.220. The highest BCUT2D eigenvalue weighted by Crippen LogP contribution is 2.24. The van der Waals surface area contributed by atoms with Crippen molar-refractivity contribution in [3.05, 3.63) is 27.4 Å². The number of hydrogen-bond donors (Lipinski definition) is 2. The van der Waals surface area contributed by atoms with Crippen LogP contribution in [0.2, 0.25) is 0 Å². The second-order valence-electron chi connectivity index (χ2n) is 4.24. The number of ether oxygens (including phenoxy) is 1. The second kappa shape index (κ2) is 4.80. The van der Waals surface area contributed by atoms with E-state index in [4.69, 9.17) is 4.74 Å². The van der Waals surface area contributed by atoms with Gasteiger partial charge >= 0.3 is 0 Å². The zero-order valence-electron chi connectivity index (χ0n) is 9.49. The molecule has 2 aliphatic heterocycles. The molecule has 3 rings (SSSR count). The Hall–Kier alpha value is -0.850. The van der Waals surface area contributed by atoms with Crippen LogP contribution in [-0.4, -0.2) is 34.6 Å². The topological polar surface area (TPSA) is 67.0 Å². The maximum Gasteiger partial charge on any atom is 0.255 e. The third-order valence-electron chi connectivity index (χ3n) is 3.08. The summed E-state index contributed by atoms with van der Waals surface area (Å²) in [7, 11) is 0. The molecule has 1 aromatic heterocycles. The van der Waals surface area contributed by atoms with Crippen LogP contribution in [0.4, 0.5) is 0 Å². The molecule has 1 fully saturated rings. The van der Waals surface area contributed by atoms with Crippen molar-refractivity contribution in [3.63, 3.8) is 0 Å². The van der Waals surface area contributed by atoms with Crippen LogP contribution in [0.3, 0.4) is 0 Å². The zero-order valence-corrected chi connectivity index (χ0v) is 10.3. The minimum atomic E-state index is -0.0540. The summed E-state index contributed by atoms with van der Waals surface area (Å²) in [5.41, 5.74) is 1.70. The van der Waals surface area contributed by atoms with E-state index >= 15 is 0 Å². The van der Waals surface area contributed by atoms with E-state index in [2.05, 4.69) is 15.3 Å². The minimum absolute atomic E-state index is 0.0172. The smallest absolute Gasteiger partial charge is 0.255 e. The van der Waals surface area contributed by atoms with Gasteiger partial charge in [-0.1, -0.05) is 0 Å². The van der Waals surface area contributed by atoms with Crippen LogP contribution < -0.4 is 10.9 Å². The fraction of sp³-hybridized carbons (Fsp3) is 0.636. The lowest BCUT2D eigenvalue weighted by Gasteiger charge is -2.23. The monoisotopic (exact) mass is 253 g/mol. The molecule has 1 atom stereocenters. The molecule has 0 saturated carbocycles. The van der Waals surface area contributed by atoms with E-state index in [1.807, 2.05) is 11.8 Å².